The Kier molecular flexibility index (Phi) is 6.26. The highest BCUT2D eigenvalue weighted by molar-refractivity contribution is 9.10. The third-order valence-corrected chi connectivity index (χ3v) is 5.08. The van der Waals surface area contributed by atoms with Crippen LogP contribution in [0, 0.1) is 0 Å². The Morgan fingerprint density at radius 2 is 2.29 bits per heavy atom. The molecule has 0 aliphatic carbocycles. The third kappa shape index (κ3) is 4.56. The van der Waals surface area contributed by atoms with Crippen LogP contribution in [0.5, 0.6) is 0 Å². The van der Waals surface area contributed by atoms with Gasteiger partial charge in [-0.25, -0.2) is 4.68 Å². The van der Waals surface area contributed by atoms with Gasteiger partial charge in [-0.1, -0.05) is 24.9 Å². The molecular formula is C14H17BrClN3OS. The second-order valence-electron chi connectivity index (χ2n) is 4.64. The molecule has 0 fully saturated rings. The molecule has 0 aliphatic rings. The van der Waals surface area contributed by atoms with Crippen molar-refractivity contribution in [3.63, 3.8) is 0 Å². The summed E-state index contributed by atoms with van der Waals surface area (Å²) >= 11 is 10.8. The van der Waals surface area contributed by atoms with Gasteiger partial charge >= 0.3 is 0 Å². The van der Waals surface area contributed by atoms with Crippen LogP contribution in [-0.2, 0) is 13.0 Å². The summed E-state index contributed by atoms with van der Waals surface area (Å²) in [6.07, 6.45) is 4.55. The topological polar surface area (TPSA) is 46.9 Å². The molecule has 7 heteroatoms. The van der Waals surface area contributed by atoms with Crippen LogP contribution in [0.15, 0.2) is 27.6 Å². The van der Waals surface area contributed by atoms with Crippen molar-refractivity contribution in [3.05, 3.63) is 42.4 Å². The highest BCUT2D eigenvalue weighted by atomic mass is 79.9. The van der Waals surface area contributed by atoms with Gasteiger partial charge in [-0.05, 0) is 40.9 Å². The normalized spacial score (nSPS) is 10.8. The highest BCUT2D eigenvalue weighted by Gasteiger charge is 2.08. The van der Waals surface area contributed by atoms with Gasteiger partial charge in [-0.3, -0.25) is 4.79 Å². The zero-order valence-corrected chi connectivity index (χ0v) is 14.9. The summed E-state index contributed by atoms with van der Waals surface area (Å²) in [6.45, 7) is 3.48. The van der Waals surface area contributed by atoms with Gasteiger partial charge in [0.05, 0.1) is 16.2 Å². The molecule has 1 N–H and O–H groups in total. The van der Waals surface area contributed by atoms with Crippen molar-refractivity contribution in [1.82, 2.24) is 9.78 Å². The van der Waals surface area contributed by atoms with Crippen LogP contribution in [-0.4, -0.2) is 16.3 Å². The van der Waals surface area contributed by atoms with Crippen LogP contribution in [0.25, 0.3) is 0 Å². The van der Waals surface area contributed by atoms with Crippen LogP contribution >= 0.6 is 38.9 Å². The Morgan fingerprint density at radius 3 is 2.95 bits per heavy atom. The van der Waals surface area contributed by atoms with Gasteiger partial charge < -0.3 is 5.32 Å². The molecule has 0 aromatic carbocycles. The first kappa shape index (κ1) is 16.5. The number of hydrogen-bond acceptors (Lipinski definition) is 4. The standard InChI is InChI=1S/C14H17BrClN3OS/c1-2-3-8-19-14(20)13(15)11(9-18-19)17-7-6-10-4-5-12(16)21-10/h4-5,9,17H,2-3,6-8H2,1H3. The van der Waals surface area contributed by atoms with E-state index in [1.165, 1.54) is 9.56 Å². The van der Waals surface area contributed by atoms with Crippen molar-refractivity contribution in [1.29, 1.82) is 0 Å². The van der Waals surface area contributed by atoms with Crippen LogP contribution in [0.2, 0.25) is 4.34 Å². The van der Waals surface area contributed by atoms with E-state index >= 15 is 0 Å². The molecule has 4 nitrogen and oxygen atoms in total. The van der Waals surface area contributed by atoms with Gasteiger partial charge in [0.15, 0.2) is 0 Å². The summed E-state index contributed by atoms with van der Waals surface area (Å²) in [4.78, 5) is 13.3. The van der Waals surface area contributed by atoms with Gasteiger partial charge in [0, 0.05) is 18.0 Å². The van der Waals surface area contributed by atoms with Crippen LogP contribution < -0.4 is 10.9 Å². The SMILES string of the molecule is CCCCn1ncc(NCCc2ccc(Cl)s2)c(Br)c1=O. The van der Waals surface area contributed by atoms with E-state index in [2.05, 4.69) is 33.3 Å². The Bertz CT molecular complexity index is 656. The number of nitrogens with one attached hydrogen (secondary N) is 1. The summed E-state index contributed by atoms with van der Waals surface area (Å²) in [7, 11) is 0. The summed E-state index contributed by atoms with van der Waals surface area (Å²) < 4.78 is 2.84. The molecule has 21 heavy (non-hydrogen) atoms. The van der Waals surface area contributed by atoms with E-state index in [0.717, 1.165) is 35.8 Å². The molecule has 0 amide bonds. The lowest BCUT2D eigenvalue weighted by molar-refractivity contribution is 0.541. The first-order chi connectivity index (χ1) is 10.1. The van der Waals surface area contributed by atoms with Gasteiger partial charge in [-0.2, -0.15) is 5.10 Å². The molecule has 2 rings (SSSR count). The minimum Gasteiger partial charge on any atom is -0.382 e. The molecular weight excluding hydrogens is 374 g/mol. The summed E-state index contributed by atoms with van der Waals surface area (Å²) in [5, 5.41) is 7.44. The number of thiophene rings is 1. The fourth-order valence-corrected chi connectivity index (χ4v) is 3.40. The zero-order valence-electron chi connectivity index (χ0n) is 11.7. The predicted molar refractivity (Wildman–Crippen MR) is 92.6 cm³/mol. The molecule has 0 saturated heterocycles. The lowest BCUT2D eigenvalue weighted by Gasteiger charge is -2.09. The lowest BCUT2D eigenvalue weighted by atomic mass is 10.3. The summed E-state index contributed by atoms with van der Waals surface area (Å²) in [6, 6.07) is 3.92. The molecule has 0 atom stereocenters. The molecule has 114 valence electrons. The van der Waals surface area contributed by atoms with E-state index in [-0.39, 0.29) is 5.56 Å². The van der Waals surface area contributed by atoms with E-state index in [9.17, 15) is 4.79 Å². The van der Waals surface area contributed by atoms with E-state index in [0.29, 0.717) is 11.0 Å². The molecule has 0 radical (unpaired) electrons. The van der Waals surface area contributed by atoms with E-state index < -0.39 is 0 Å². The van der Waals surface area contributed by atoms with Crippen LogP contribution in [0.1, 0.15) is 24.6 Å². The fourth-order valence-electron chi connectivity index (χ4n) is 1.86. The van der Waals surface area contributed by atoms with Gasteiger partial charge in [0.2, 0.25) is 0 Å². The molecule has 2 aromatic rings. The molecule has 0 spiro atoms. The molecule has 0 aliphatic heterocycles. The van der Waals surface area contributed by atoms with Crippen molar-refractivity contribution in [2.75, 3.05) is 11.9 Å². The van der Waals surface area contributed by atoms with Crippen molar-refractivity contribution in [3.8, 4) is 0 Å². The Hall–Kier alpha value is -0.850. The first-order valence-corrected chi connectivity index (χ1v) is 8.84. The van der Waals surface area contributed by atoms with E-state index in [4.69, 9.17) is 11.6 Å². The number of nitrogens with zero attached hydrogens (tertiary/aromatic N) is 2. The second-order valence-corrected chi connectivity index (χ2v) is 7.23. The van der Waals surface area contributed by atoms with Crippen LogP contribution in [0.3, 0.4) is 0 Å². The maximum Gasteiger partial charge on any atom is 0.283 e. The predicted octanol–water partition coefficient (Wildman–Crippen LogP) is 4.18. The first-order valence-electron chi connectivity index (χ1n) is 6.85. The Labute approximate surface area is 141 Å². The number of hydrogen-bond donors (Lipinski definition) is 1. The number of unbranched alkanes of at least 4 members (excludes halogenated alkanes) is 1. The molecule has 2 heterocycles. The summed E-state index contributed by atoms with van der Waals surface area (Å²) in [5.74, 6) is 0. The van der Waals surface area contributed by atoms with E-state index in [1.807, 2.05) is 12.1 Å². The van der Waals surface area contributed by atoms with Crippen molar-refractivity contribution in [2.45, 2.75) is 32.7 Å². The van der Waals surface area contributed by atoms with Gasteiger partial charge in [0.25, 0.3) is 5.56 Å². The second kappa shape index (κ2) is 7.96. The number of aryl methyl sites for hydroxylation is 1. The average Bonchev–Trinajstić information content (AvgIpc) is 2.88. The van der Waals surface area contributed by atoms with Crippen LogP contribution in [0.4, 0.5) is 5.69 Å². The maximum atomic E-state index is 12.1. The number of halogens is 2. The van der Waals surface area contributed by atoms with Crippen molar-refractivity contribution >= 4 is 44.6 Å². The van der Waals surface area contributed by atoms with Crippen molar-refractivity contribution < 1.29 is 0 Å². The number of anilines is 1. The summed E-state index contributed by atoms with van der Waals surface area (Å²) in [5.41, 5.74) is 0.642. The molecule has 2 aromatic heterocycles. The fraction of sp³-hybridized carbons (Fsp3) is 0.429. The average molecular weight is 391 g/mol. The lowest BCUT2D eigenvalue weighted by Crippen LogP contribution is -2.24. The number of rotatable bonds is 7. The quantitative estimate of drug-likeness (QED) is 0.771. The zero-order chi connectivity index (χ0) is 15.2. The van der Waals surface area contributed by atoms with E-state index in [1.54, 1.807) is 17.5 Å². The smallest absolute Gasteiger partial charge is 0.283 e. The Morgan fingerprint density at radius 1 is 1.48 bits per heavy atom. The minimum absolute atomic E-state index is 0.0902. The van der Waals surface area contributed by atoms with Gasteiger partial charge in [0.1, 0.15) is 4.47 Å². The Balaban J connectivity index is 1.97. The van der Waals surface area contributed by atoms with Crippen molar-refractivity contribution in [2.24, 2.45) is 0 Å². The largest absolute Gasteiger partial charge is 0.382 e. The minimum atomic E-state index is -0.0902. The maximum absolute atomic E-state index is 12.1. The molecule has 0 bridgehead atoms. The molecule has 0 unspecified atom stereocenters. The third-order valence-electron chi connectivity index (χ3n) is 3.02. The number of aromatic nitrogens is 2. The monoisotopic (exact) mass is 389 g/mol. The molecule has 0 saturated carbocycles. The highest BCUT2D eigenvalue weighted by Crippen LogP contribution is 2.22. The van der Waals surface area contributed by atoms with Gasteiger partial charge in [-0.15, -0.1) is 11.3 Å².